The molecule has 0 aliphatic carbocycles. The second-order valence-electron chi connectivity index (χ2n) is 5.67. The highest BCUT2D eigenvalue weighted by Crippen LogP contribution is 2.34. The molecule has 0 unspecified atom stereocenters. The van der Waals surface area contributed by atoms with Crippen LogP contribution in [-0.4, -0.2) is 28.7 Å². The van der Waals surface area contributed by atoms with Crippen LogP contribution in [0.5, 0.6) is 0 Å². The van der Waals surface area contributed by atoms with E-state index in [0.29, 0.717) is 28.8 Å². The van der Waals surface area contributed by atoms with Gasteiger partial charge in [0.15, 0.2) is 0 Å². The standard InChI is InChI=1S/C16H16N4O3/c1-10-6-12(4-5-23-10)19-16-13-7-11(8-17)2-3-14(13)18-9-15(16)20(21)22/h2-3,7,9-10,12H,4-6H2,1H3,(H,18,19)/t10-,12-/m1/s1. The zero-order valence-corrected chi connectivity index (χ0v) is 12.7. The summed E-state index contributed by atoms with van der Waals surface area (Å²) >= 11 is 0. The summed E-state index contributed by atoms with van der Waals surface area (Å²) in [5.74, 6) is 0. The fourth-order valence-electron chi connectivity index (χ4n) is 2.88. The van der Waals surface area contributed by atoms with Crippen molar-refractivity contribution >= 4 is 22.3 Å². The molecule has 1 aliphatic rings. The van der Waals surface area contributed by atoms with Gasteiger partial charge >= 0.3 is 5.69 Å². The van der Waals surface area contributed by atoms with E-state index >= 15 is 0 Å². The number of fused-ring (bicyclic) bond motifs is 1. The molecule has 7 nitrogen and oxygen atoms in total. The lowest BCUT2D eigenvalue weighted by molar-refractivity contribution is -0.384. The zero-order valence-electron chi connectivity index (χ0n) is 12.7. The maximum atomic E-state index is 11.4. The summed E-state index contributed by atoms with van der Waals surface area (Å²) < 4.78 is 5.52. The highest BCUT2D eigenvalue weighted by atomic mass is 16.6. The Morgan fingerprint density at radius 2 is 2.35 bits per heavy atom. The number of nitrogens with zero attached hydrogens (tertiary/aromatic N) is 3. The summed E-state index contributed by atoms with van der Waals surface area (Å²) in [6.45, 7) is 2.61. The number of hydrogen-bond donors (Lipinski definition) is 1. The van der Waals surface area contributed by atoms with Gasteiger partial charge in [0.1, 0.15) is 11.9 Å². The number of aromatic nitrogens is 1. The number of ether oxygens (including phenoxy) is 1. The first-order chi connectivity index (χ1) is 11.1. The van der Waals surface area contributed by atoms with Crippen LogP contribution in [0.25, 0.3) is 10.9 Å². The highest BCUT2D eigenvalue weighted by molar-refractivity contribution is 5.96. The highest BCUT2D eigenvalue weighted by Gasteiger charge is 2.24. The van der Waals surface area contributed by atoms with Crippen molar-refractivity contribution in [3.63, 3.8) is 0 Å². The first kappa shape index (κ1) is 15.2. The van der Waals surface area contributed by atoms with E-state index in [1.165, 1.54) is 6.20 Å². The first-order valence-electron chi connectivity index (χ1n) is 7.44. The van der Waals surface area contributed by atoms with E-state index in [-0.39, 0.29) is 17.8 Å². The molecule has 3 rings (SSSR count). The van der Waals surface area contributed by atoms with Crippen molar-refractivity contribution in [3.05, 3.63) is 40.1 Å². The Balaban J connectivity index is 2.08. The Morgan fingerprint density at radius 1 is 1.52 bits per heavy atom. The molecular weight excluding hydrogens is 296 g/mol. The number of nitriles is 1. The third-order valence-corrected chi connectivity index (χ3v) is 4.01. The Bertz CT molecular complexity index is 800. The summed E-state index contributed by atoms with van der Waals surface area (Å²) in [6.07, 6.45) is 2.94. The Kier molecular flexibility index (Phi) is 4.08. The zero-order chi connectivity index (χ0) is 16.4. The molecule has 0 amide bonds. The largest absolute Gasteiger partial charge is 0.378 e. The smallest absolute Gasteiger partial charge is 0.311 e. The molecule has 1 N–H and O–H groups in total. The minimum Gasteiger partial charge on any atom is -0.378 e. The van der Waals surface area contributed by atoms with Crippen molar-refractivity contribution in [2.24, 2.45) is 0 Å². The quantitative estimate of drug-likeness (QED) is 0.690. The topological polar surface area (TPSA) is 101 Å². The van der Waals surface area contributed by atoms with Crippen LogP contribution in [0.2, 0.25) is 0 Å². The lowest BCUT2D eigenvalue weighted by Crippen LogP contribution is -2.32. The molecule has 23 heavy (non-hydrogen) atoms. The van der Waals surface area contributed by atoms with Gasteiger partial charge in [-0.3, -0.25) is 10.1 Å². The molecule has 118 valence electrons. The third-order valence-electron chi connectivity index (χ3n) is 4.01. The Labute approximate surface area is 133 Å². The number of nitro groups is 1. The van der Waals surface area contributed by atoms with Gasteiger partial charge in [0.05, 0.1) is 28.2 Å². The average molecular weight is 312 g/mol. The minimum absolute atomic E-state index is 0.0771. The molecule has 1 fully saturated rings. The van der Waals surface area contributed by atoms with E-state index in [1.54, 1.807) is 18.2 Å². The summed E-state index contributed by atoms with van der Waals surface area (Å²) in [5.41, 5.74) is 1.42. The lowest BCUT2D eigenvalue weighted by Gasteiger charge is -2.28. The number of rotatable bonds is 3. The van der Waals surface area contributed by atoms with Gasteiger partial charge in [0.25, 0.3) is 0 Å². The van der Waals surface area contributed by atoms with Crippen molar-refractivity contribution < 1.29 is 9.66 Å². The van der Waals surface area contributed by atoms with Gasteiger partial charge in [-0.2, -0.15) is 5.26 Å². The van der Waals surface area contributed by atoms with E-state index < -0.39 is 4.92 Å². The number of benzene rings is 1. The van der Waals surface area contributed by atoms with E-state index in [9.17, 15) is 10.1 Å². The molecule has 1 aromatic heterocycles. The fraction of sp³-hybridized carbons (Fsp3) is 0.375. The number of nitrogens with one attached hydrogen (secondary N) is 1. The van der Waals surface area contributed by atoms with Crippen LogP contribution in [0, 0.1) is 21.4 Å². The lowest BCUT2D eigenvalue weighted by atomic mass is 10.0. The van der Waals surface area contributed by atoms with Crippen LogP contribution in [-0.2, 0) is 4.74 Å². The first-order valence-corrected chi connectivity index (χ1v) is 7.44. The van der Waals surface area contributed by atoms with Crippen LogP contribution >= 0.6 is 0 Å². The van der Waals surface area contributed by atoms with Crippen LogP contribution in [0.4, 0.5) is 11.4 Å². The van der Waals surface area contributed by atoms with Gasteiger partial charge in [-0.25, -0.2) is 4.98 Å². The normalized spacial score (nSPS) is 20.9. The molecule has 2 aromatic rings. The van der Waals surface area contributed by atoms with Gasteiger partial charge in [-0.1, -0.05) is 0 Å². The summed E-state index contributed by atoms with van der Waals surface area (Å²) in [7, 11) is 0. The SMILES string of the molecule is C[C@@H]1C[C@H](Nc2c([N+](=O)[O-])cnc3ccc(C#N)cc23)CCO1. The van der Waals surface area contributed by atoms with Crippen molar-refractivity contribution in [2.45, 2.75) is 31.9 Å². The van der Waals surface area contributed by atoms with E-state index in [1.807, 2.05) is 6.92 Å². The predicted molar refractivity (Wildman–Crippen MR) is 85.2 cm³/mol. The maximum absolute atomic E-state index is 11.4. The van der Waals surface area contributed by atoms with Crippen molar-refractivity contribution in [1.82, 2.24) is 4.98 Å². The van der Waals surface area contributed by atoms with Crippen molar-refractivity contribution in [2.75, 3.05) is 11.9 Å². The number of pyridine rings is 1. The van der Waals surface area contributed by atoms with E-state index in [2.05, 4.69) is 16.4 Å². The van der Waals surface area contributed by atoms with Crippen LogP contribution in [0.15, 0.2) is 24.4 Å². The average Bonchev–Trinajstić information content (AvgIpc) is 2.54. The summed E-state index contributed by atoms with van der Waals surface area (Å²) in [4.78, 5) is 15.0. The predicted octanol–water partition coefficient (Wildman–Crippen LogP) is 2.99. The monoisotopic (exact) mass is 312 g/mol. The molecule has 0 spiro atoms. The van der Waals surface area contributed by atoms with Gasteiger partial charge in [0.2, 0.25) is 0 Å². The Hall–Kier alpha value is -2.72. The molecule has 0 bridgehead atoms. The number of anilines is 1. The maximum Gasteiger partial charge on any atom is 0.311 e. The van der Waals surface area contributed by atoms with Crippen molar-refractivity contribution in [1.29, 1.82) is 5.26 Å². The van der Waals surface area contributed by atoms with Gasteiger partial charge in [-0.05, 0) is 38.0 Å². The molecule has 1 aromatic carbocycles. The second kappa shape index (κ2) is 6.18. The molecule has 1 saturated heterocycles. The summed E-state index contributed by atoms with van der Waals surface area (Å²) in [6, 6.07) is 7.15. The number of hydrogen-bond acceptors (Lipinski definition) is 6. The third kappa shape index (κ3) is 3.07. The second-order valence-corrected chi connectivity index (χ2v) is 5.67. The van der Waals surface area contributed by atoms with Crippen LogP contribution in [0.1, 0.15) is 25.3 Å². The van der Waals surface area contributed by atoms with Crippen molar-refractivity contribution in [3.8, 4) is 6.07 Å². The molecule has 2 heterocycles. The molecule has 2 atom stereocenters. The minimum atomic E-state index is -0.448. The van der Waals surface area contributed by atoms with E-state index in [4.69, 9.17) is 10.00 Å². The van der Waals surface area contributed by atoms with Crippen LogP contribution in [0.3, 0.4) is 0 Å². The van der Waals surface area contributed by atoms with Gasteiger partial charge in [0, 0.05) is 18.0 Å². The Morgan fingerprint density at radius 3 is 3.04 bits per heavy atom. The molecule has 7 heteroatoms. The molecular formula is C16H16N4O3. The summed E-state index contributed by atoms with van der Waals surface area (Å²) in [5, 5.41) is 24.3. The van der Waals surface area contributed by atoms with Crippen LogP contribution < -0.4 is 5.32 Å². The molecule has 1 aliphatic heterocycles. The van der Waals surface area contributed by atoms with E-state index in [0.717, 1.165) is 12.8 Å². The molecule has 0 saturated carbocycles. The van der Waals surface area contributed by atoms with Gasteiger partial charge in [-0.15, -0.1) is 0 Å². The van der Waals surface area contributed by atoms with Gasteiger partial charge < -0.3 is 10.1 Å². The fourth-order valence-corrected chi connectivity index (χ4v) is 2.88. The molecule has 0 radical (unpaired) electrons.